The number of piperazine rings is 1. The summed E-state index contributed by atoms with van der Waals surface area (Å²) in [5, 5.41) is 14.2. The zero-order valence-electron chi connectivity index (χ0n) is 42.8. The highest BCUT2D eigenvalue weighted by molar-refractivity contribution is 7.71. The number of methoxy groups -OCH3 is 1. The third-order valence-electron chi connectivity index (χ3n) is 15.4. The summed E-state index contributed by atoms with van der Waals surface area (Å²) in [6.07, 6.45) is 12.4. The number of aryl methyl sites for hydroxylation is 1. The molecule has 1 unspecified atom stereocenters. The molecule has 396 valence electrons. The van der Waals surface area contributed by atoms with E-state index in [1.54, 1.807) is 37.5 Å². The number of hydrogen-bond acceptors (Lipinski definition) is 17. The van der Waals surface area contributed by atoms with Crippen LogP contribution in [-0.4, -0.2) is 159 Å². The summed E-state index contributed by atoms with van der Waals surface area (Å²) in [6, 6.07) is 9.67. The van der Waals surface area contributed by atoms with Gasteiger partial charge in [0.2, 0.25) is 17.8 Å². The second-order valence-corrected chi connectivity index (χ2v) is 24.2. The minimum atomic E-state index is -2.85. The Morgan fingerprint density at radius 3 is 2.21 bits per heavy atom. The predicted octanol–water partition coefficient (Wildman–Crippen LogP) is 6.26. The topological polar surface area (TPSA) is 216 Å². The molecule has 3 aromatic carbocycles. The van der Waals surface area contributed by atoms with E-state index < -0.39 is 42.6 Å². The van der Waals surface area contributed by atoms with Crippen molar-refractivity contribution in [1.29, 1.82) is 0 Å². The lowest BCUT2D eigenvalue weighted by molar-refractivity contribution is -0.136. The first-order chi connectivity index (χ1) is 36.6. The minimum absolute atomic E-state index is 0.0163. The first-order valence-electron chi connectivity index (χ1n) is 25.7. The molecule has 0 radical (unpaired) electrons. The van der Waals surface area contributed by atoms with Gasteiger partial charge in [-0.3, -0.25) is 48.9 Å². The van der Waals surface area contributed by atoms with Crippen molar-refractivity contribution >= 4 is 93.2 Å². The highest BCUT2D eigenvalue weighted by Crippen LogP contribution is 2.44. The lowest BCUT2D eigenvalue weighted by atomic mass is 9.94. The molecule has 20 nitrogen and oxygen atoms in total. The van der Waals surface area contributed by atoms with Crippen LogP contribution in [0, 0.1) is 11.7 Å². The largest absolute Gasteiger partial charge is 0.494 e. The number of ether oxygens (including phenoxy) is 1. The van der Waals surface area contributed by atoms with E-state index in [1.165, 1.54) is 12.3 Å². The first-order valence-corrected chi connectivity index (χ1v) is 28.7. The van der Waals surface area contributed by atoms with Crippen molar-refractivity contribution in [3.05, 3.63) is 89.3 Å². The highest BCUT2D eigenvalue weighted by Gasteiger charge is 2.45. The Hall–Kier alpha value is -7.06. The Bertz CT molecular complexity index is 3330. The molecule has 6 aromatic rings. The number of carbonyl (C=O) groups is 4. The lowest BCUT2D eigenvalue weighted by Gasteiger charge is -2.44. The average molecular weight is 1070 g/mol. The smallest absolute Gasteiger partial charge is 0.262 e. The number of imide groups is 2. The van der Waals surface area contributed by atoms with Crippen LogP contribution in [0.15, 0.2) is 67.4 Å². The van der Waals surface area contributed by atoms with Crippen LogP contribution in [-0.2, 0) is 21.2 Å². The molecule has 0 bridgehead atoms. The van der Waals surface area contributed by atoms with Gasteiger partial charge >= 0.3 is 0 Å². The number of benzene rings is 3. The Balaban J connectivity index is 0.704. The van der Waals surface area contributed by atoms with Crippen molar-refractivity contribution in [1.82, 2.24) is 49.7 Å². The van der Waals surface area contributed by atoms with Gasteiger partial charge in [0.15, 0.2) is 5.82 Å². The molecule has 11 rings (SSSR count). The van der Waals surface area contributed by atoms with E-state index in [9.17, 15) is 23.7 Å². The molecule has 4 fully saturated rings. The summed E-state index contributed by atoms with van der Waals surface area (Å²) in [7, 11) is 0.694. The number of piperidine rings is 3. The Kier molecular flexibility index (Phi) is 14.0. The third kappa shape index (κ3) is 10.1. The van der Waals surface area contributed by atoms with E-state index in [2.05, 4.69) is 56.8 Å². The van der Waals surface area contributed by atoms with Crippen LogP contribution in [0.4, 0.5) is 38.9 Å². The highest BCUT2D eigenvalue weighted by atomic mass is 35.5. The van der Waals surface area contributed by atoms with Crippen LogP contribution < -0.4 is 35.8 Å². The van der Waals surface area contributed by atoms with Gasteiger partial charge in [-0.25, -0.2) is 9.37 Å². The van der Waals surface area contributed by atoms with E-state index in [1.807, 2.05) is 42.5 Å². The summed E-state index contributed by atoms with van der Waals surface area (Å²) in [6.45, 7) is 11.3. The third-order valence-corrected chi connectivity index (χ3v) is 17.2. The molecular weight excluding hydrogens is 1010 g/mol. The number of nitrogens with zero attached hydrogens (tertiary/aromatic N) is 11. The standard InChI is InChI=1S/C53H59ClFN14O6P/c1-64-30-32(27-59-64)34-24-41(61-53-58-28-37(54)49(63-53)60-40-6-5-39-47(57-14-13-56-39)48(40)76(3,4)74)45(75-2)26-43(34)67-17-11-33(12-18-67)66-21-19-65(20-22-66)29-31-9-15-68(16-10-31)44-25-36-35(23-38(44)55)51(72)69(52(36)73)42-7-8-46(70)62-50(42)71/h5-6,13-14,23-28,30-31,33,42H,7-12,15-22,29H2,1-4H3,(H,62,70,71)(H2,58,60,61,63). The molecule has 5 aliphatic rings. The Morgan fingerprint density at radius 2 is 1.51 bits per heavy atom. The van der Waals surface area contributed by atoms with E-state index in [4.69, 9.17) is 21.3 Å². The molecule has 1 atom stereocenters. The second-order valence-electron chi connectivity index (χ2n) is 20.6. The summed E-state index contributed by atoms with van der Waals surface area (Å²) in [4.78, 5) is 79.6. The van der Waals surface area contributed by atoms with Gasteiger partial charge in [-0.2, -0.15) is 10.1 Å². The van der Waals surface area contributed by atoms with Gasteiger partial charge in [-0.05, 0) is 81.7 Å². The number of fused-ring (bicyclic) bond motifs is 2. The van der Waals surface area contributed by atoms with Crippen LogP contribution in [0.5, 0.6) is 5.75 Å². The number of hydrogen-bond donors (Lipinski definition) is 3. The van der Waals surface area contributed by atoms with Gasteiger partial charge in [0, 0.05) is 120 Å². The van der Waals surface area contributed by atoms with E-state index in [0.29, 0.717) is 64.3 Å². The van der Waals surface area contributed by atoms with E-state index >= 15 is 4.39 Å². The normalized spacial score (nSPS) is 19.4. The fourth-order valence-electron chi connectivity index (χ4n) is 11.5. The van der Waals surface area contributed by atoms with Gasteiger partial charge in [-0.15, -0.1) is 0 Å². The molecule has 8 heterocycles. The van der Waals surface area contributed by atoms with Gasteiger partial charge in [-0.1, -0.05) is 11.6 Å². The quantitative estimate of drug-likeness (QED) is 0.0859. The molecule has 4 amide bonds. The molecule has 3 N–H and O–H groups in total. The van der Waals surface area contributed by atoms with Crippen molar-refractivity contribution in [2.75, 3.05) is 99.8 Å². The van der Waals surface area contributed by atoms with Crippen molar-refractivity contribution in [3.63, 3.8) is 0 Å². The second kappa shape index (κ2) is 20.8. The maximum Gasteiger partial charge on any atom is 0.262 e. The number of anilines is 6. The predicted molar refractivity (Wildman–Crippen MR) is 289 cm³/mol. The van der Waals surface area contributed by atoms with Crippen molar-refractivity contribution in [3.8, 4) is 16.9 Å². The van der Waals surface area contributed by atoms with E-state index in [0.717, 1.165) is 99.3 Å². The SMILES string of the molecule is COc1cc(N2CCC(N3CCN(CC4CCN(c5cc6c(cc5F)C(=O)N(C5CCC(=O)NC5=O)C6=O)CC4)CC3)CC2)c(-c2cnn(C)c2)cc1Nc1ncc(Cl)c(Nc2ccc3nccnc3c2P(C)(C)=O)n1. The Morgan fingerprint density at radius 1 is 0.803 bits per heavy atom. The van der Waals surface area contributed by atoms with Gasteiger partial charge < -0.3 is 34.6 Å². The molecule has 3 aromatic heterocycles. The number of carbonyl (C=O) groups excluding carboxylic acids is 4. The summed E-state index contributed by atoms with van der Waals surface area (Å²) < 4.78 is 37.1. The maximum atomic E-state index is 15.6. The van der Waals surface area contributed by atoms with E-state index in [-0.39, 0.29) is 40.6 Å². The van der Waals surface area contributed by atoms with Crippen LogP contribution in [0.2, 0.25) is 5.02 Å². The molecule has 76 heavy (non-hydrogen) atoms. The Labute approximate surface area is 443 Å². The fraction of sp³-hybridized carbons (Fsp3) is 0.415. The fourth-order valence-corrected chi connectivity index (χ4v) is 13.1. The number of amides is 4. The van der Waals surface area contributed by atoms with Crippen LogP contribution in [0.3, 0.4) is 0 Å². The van der Waals surface area contributed by atoms with Crippen LogP contribution >= 0.6 is 18.7 Å². The molecular formula is C53H59ClFN14O6P. The van der Waals surface area contributed by atoms with Gasteiger partial charge in [0.1, 0.15) is 35.3 Å². The van der Waals surface area contributed by atoms with Crippen molar-refractivity contribution < 1.29 is 32.9 Å². The number of nitrogens with one attached hydrogen (secondary N) is 3. The molecule has 4 saturated heterocycles. The van der Waals surface area contributed by atoms with Crippen LogP contribution in [0.1, 0.15) is 59.2 Å². The first kappa shape index (κ1) is 51.1. The number of aromatic nitrogens is 6. The zero-order chi connectivity index (χ0) is 53.0. The van der Waals surface area contributed by atoms with Crippen molar-refractivity contribution in [2.24, 2.45) is 13.0 Å². The summed E-state index contributed by atoms with van der Waals surface area (Å²) >= 11 is 6.68. The molecule has 23 heteroatoms. The molecule has 0 spiro atoms. The number of halogens is 2. The minimum Gasteiger partial charge on any atom is -0.494 e. The van der Waals surface area contributed by atoms with Crippen LogP contribution in [0.25, 0.3) is 22.2 Å². The summed E-state index contributed by atoms with van der Waals surface area (Å²) in [5.41, 5.74) is 5.68. The monoisotopic (exact) mass is 1070 g/mol. The summed E-state index contributed by atoms with van der Waals surface area (Å²) in [5.74, 6) is -1.43. The zero-order valence-corrected chi connectivity index (χ0v) is 44.4. The van der Waals surface area contributed by atoms with Gasteiger partial charge in [0.05, 0.1) is 58.5 Å². The lowest BCUT2D eigenvalue weighted by Crippen LogP contribution is -2.54. The van der Waals surface area contributed by atoms with Crippen molar-refractivity contribution in [2.45, 2.75) is 50.6 Å². The molecule has 0 saturated carbocycles. The number of rotatable bonds is 13. The maximum absolute atomic E-state index is 15.6. The molecule has 0 aliphatic carbocycles. The van der Waals surface area contributed by atoms with Gasteiger partial charge in [0.25, 0.3) is 11.8 Å². The molecule has 5 aliphatic heterocycles. The average Bonchev–Trinajstić information content (AvgIpc) is 3.99.